The van der Waals surface area contributed by atoms with E-state index in [1.54, 1.807) is 7.11 Å². The summed E-state index contributed by atoms with van der Waals surface area (Å²) in [6, 6.07) is 4.21. The van der Waals surface area contributed by atoms with E-state index in [2.05, 4.69) is 22.0 Å². The van der Waals surface area contributed by atoms with E-state index in [1.807, 2.05) is 13.0 Å². The van der Waals surface area contributed by atoms with Crippen molar-refractivity contribution >= 4 is 15.9 Å². The molecule has 0 amide bonds. The molecule has 1 unspecified atom stereocenters. The maximum Gasteiger partial charge on any atom is 0.175 e. The van der Waals surface area contributed by atoms with Gasteiger partial charge in [0.25, 0.3) is 0 Å². The molecule has 0 bridgehead atoms. The molecule has 1 atom stereocenters. The fourth-order valence-corrected chi connectivity index (χ4v) is 2.31. The van der Waals surface area contributed by atoms with Crippen LogP contribution in [0.5, 0.6) is 11.5 Å². The van der Waals surface area contributed by atoms with E-state index in [1.165, 1.54) is 0 Å². The minimum absolute atomic E-state index is 0.141. The number of methoxy groups -OCH3 is 1. The van der Waals surface area contributed by atoms with Gasteiger partial charge in [-0.2, -0.15) is 0 Å². The van der Waals surface area contributed by atoms with Crippen LogP contribution in [0, 0.1) is 0 Å². The molecule has 0 radical (unpaired) electrons. The summed E-state index contributed by atoms with van der Waals surface area (Å²) in [5, 5.41) is 0. The maximum atomic E-state index is 5.83. The van der Waals surface area contributed by atoms with Gasteiger partial charge in [-0.15, -0.1) is 0 Å². The van der Waals surface area contributed by atoms with Crippen LogP contribution in [0.2, 0.25) is 0 Å². The third kappa shape index (κ3) is 3.36. The molecule has 0 aromatic heterocycles. The average Bonchev–Trinajstić information content (AvgIpc) is 3.04. The zero-order valence-electron chi connectivity index (χ0n) is 10.2. The van der Waals surface area contributed by atoms with Crippen molar-refractivity contribution in [2.75, 3.05) is 7.11 Å². The van der Waals surface area contributed by atoms with Gasteiger partial charge in [0.15, 0.2) is 11.5 Å². The summed E-state index contributed by atoms with van der Waals surface area (Å²) in [5.41, 5.74) is 6.97. The van der Waals surface area contributed by atoms with Crippen LogP contribution < -0.4 is 15.2 Å². The van der Waals surface area contributed by atoms with Gasteiger partial charge in [-0.1, -0.05) is 0 Å². The summed E-state index contributed by atoms with van der Waals surface area (Å²) in [7, 11) is 1.66. The number of nitrogens with two attached hydrogens (primary N) is 1. The zero-order chi connectivity index (χ0) is 12.4. The molecule has 3 nitrogen and oxygen atoms in total. The van der Waals surface area contributed by atoms with E-state index in [0.29, 0.717) is 6.10 Å². The molecule has 2 N–H and O–H groups in total. The third-order valence-electron chi connectivity index (χ3n) is 2.66. The van der Waals surface area contributed by atoms with E-state index < -0.39 is 0 Å². The molecule has 1 saturated carbocycles. The molecular weight excluding hydrogens is 282 g/mol. The first kappa shape index (κ1) is 12.7. The first-order valence-corrected chi connectivity index (χ1v) is 6.68. The normalized spacial score (nSPS) is 16.7. The number of halogens is 1. The first-order chi connectivity index (χ1) is 8.10. The largest absolute Gasteiger partial charge is 0.493 e. The molecular formula is C13H18BrNO2. The molecule has 1 aromatic carbocycles. The van der Waals surface area contributed by atoms with Crippen LogP contribution in [0.1, 0.15) is 25.3 Å². The summed E-state index contributed by atoms with van der Waals surface area (Å²) in [6.45, 7) is 2.00. The quantitative estimate of drug-likeness (QED) is 0.909. The Kier molecular flexibility index (Phi) is 3.94. The number of rotatable bonds is 5. The number of hydrogen-bond acceptors (Lipinski definition) is 3. The van der Waals surface area contributed by atoms with Gasteiger partial charge in [-0.05, 0) is 59.8 Å². The van der Waals surface area contributed by atoms with Gasteiger partial charge < -0.3 is 15.2 Å². The smallest absolute Gasteiger partial charge is 0.175 e. The fourth-order valence-electron chi connectivity index (χ4n) is 1.73. The van der Waals surface area contributed by atoms with E-state index in [4.69, 9.17) is 15.2 Å². The Balaban J connectivity index is 2.25. The lowest BCUT2D eigenvalue weighted by Crippen LogP contribution is -2.17. The second kappa shape index (κ2) is 5.27. The Labute approximate surface area is 110 Å². The van der Waals surface area contributed by atoms with Crippen LogP contribution in [0.15, 0.2) is 16.6 Å². The van der Waals surface area contributed by atoms with Crippen LogP contribution in [0.25, 0.3) is 0 Å². The van der Waals surface area contributed by atoms with E-state index in [9.17, 15) is 0 Å². The van der Waals surface area contributed by atoms with Crippen molar-refractivity contribution < 1.29 is 9.47 Å². The summed E-state index contributed by atoms with van der Waals surface area (Å²) < 4.78 is 12.2. The highest BCUT2D eigenvalue weighted by atomic mass is 79.9. The van der Waals surface area contributed by atoms with Gasteiger partial charge in [0.1, 0.15) is 0 Å². The molecule has 0 saturated heterocycles. The second-order valence-electron chi connectivity index (χ2n) is 4.61. The average molecular weight is 300 g/mol. The van der Waals surface area contributed by atoms with Crippen molar-refractivity contribution in [3.8, 4) is 11.5 Å². The van der Waals surface area contributed by atoms with Crippen molar-refractivity contribution in [1.29, 1.82) is 0 Å². The van der Waals surface area contributed by atoms with E-state index >= 15 is 0 Å². The molecule has 0 spiro atoms. The van der Waals surface area contributed by atoms with Crippen LogP contribution in [0.4, 0.5) is 0 Å². The molecule has 0 heterocycles. The van der Waals surface area contributed by atoms with Crippen molar-refractivity contribution in [1.82, 2.24) is 0 Å². The highest BCUT2D eigenvalue weighted by Crippen LogP contribution is 2.40. The Hall–Kier alpha value is -0.740. The summed E-state index contributed by atoms with van der Waals surface area (Å²) in [5.74, 6) is 1.59. The van der Waals surface area contributed by atoms with Gasteiger partial charge in [0, 0.05) is 6.04 Å². The van der Waals surface area contributed by atoms with Crippen molar-refractivity contribution in [2.24, 2.45) is 5.73 Å². The molecule has 0 aliphatic heterocycles. The molecule has 2 rings (SSSR count). The summed E-state index contributed by atoms with van der Waals surface area (Å²) >= 11 is 3.54. The minimum Gasteiger partial charge on any atom is -0.493 e. The fraction of sp³-hybridized carbons (Fsp3) is 0.538. The van der Waals surface area contributed by atoms with Crippen molar-refractivity contribution in [2.45, 2.75) is 38.3 Å². The van der Waals surface area contributed by atoms with Gasteiger partial charge in [-0.25, -0.2) is 0 Å². The lowest BCUT2D eigenvalue weighted by atomic mass is 10.1. The van der Waals surface area contributed by atoms with Crippen LogP contribution in [0.3, 0.4) is 0 Å². The predicted octanol–water partition coefficient (Wildman–Crippen LogP) is 2.89. The van der Waals surface area contributed by atoms with Gasteiger partial charge in [-0.3, -0.25) is 0 Å². The monoisotopic (exact) mass is 299 g/mol. The standard InChI is InChI=1S/C13H18BrNO2/c1-8(15)5-9-6-11(14)13(12(7-9)16-2)17-10-3-4-10/h6-8,10H,3-5,15H2,1-2H3. The van der Waals surface area contributed by atoms with E-state index in [-0.39, 0.29) is 6.04 Å². The topological polar surface area (TPSA) is 44.5 Å². The second-order valence-corrected chi connectivity index (χ2v) is 5.46. The van der Waals surface area contributed by atoms with Crippen molar-refractivity contribution in [3.05, 3.63) is 22.2 Å². The summed E-state index contributed by atoms with van der Waals surface area (Å²) in [6.07, 6.45) is 3.46. The van der Waals surface area contributed by atoms with Crippen LogP contribution in [-0.2, 0) is 6.42 Å². The number of hydrogen-bond donors (Lipinski definition) is 1. The van der Waals surface area contributed by atoms with Gasteiger partial charge >= 0.3 is 0 Å². The number of benzene rings is 1. The molecule has 4 heteroatoms. The third-order valence-corrected chi connectivity index (χ3v) is 3.24. The summed E-state index contributed by atoms with van der Waals surface area (Å²) in [4.78, 5) is 0. The van der Waals surface area contributed by atoms with Crippen molar-refractivity contribution in [3.63, 3.8) is 0 Å². The van der Waals surface area contributed by atoms with Gasteiger partial charge in [0.2, 0.25) is 0 Å². The Morgan fingerprint density at radius 1 is 1.47 bits per heavy atom. The first-order valence-electron chi connectivity index (χ1n) is 5.88. The highest BCUT2D eigenvalue weighted by molar-refractivity contribution is 9.10. The molecule has 1 fully saturated rings. The Morgan fingerprint density at radius 2 is 2.18 bits per heavy atom. The maximum absolute atomic E-state index is 5.83. The number of ether oxygens (including phenoxy) is 2. The molecule has 1 aromatic rings. The Bertz CT molecular complexity index is 403. The SMILES string of the molecule is COc1cc(CC(C)N)cc(Br)c1OC1CC1. The lowest BCUT2D eigenvalue weighted by molar-refractivity contribution is 0.280. The predicted molar refractivity (Wildman–Crippen MR) is 71.7 cm³/mol. The van der Waals surface area contributed by atoms with Crippen LogP contribution in [-0.4, -0.2) is 19.3 Å². The van der Waals surface area contributed by atoms with Gasteiger partial charge in [0.05, 0.1) is 17.7 Å². The highest BCUT2D eigenvalue weighted by Gasteiger charge is 2.26. The van der Waals surface area contributed by atoms with E-state index in [0.717, 1.165) is 40.8 Å². The molecule has 17 heavy (non-hydrogen) atoms. The zero-order valence-corrected chi connectivity index (χ0v) is 11.8. The molecule has 1 aliphatic carbocycles. The molecule has 94 valence electrons. The molecule has 1 aliphatic rings. The Morgan fingerprint density at radius 3 is 2.71 bits per heavy atom. The van der Waals surface area contributed by atoms with Crippen LogP contribution >= 0.6 is 15.9 Å². The minimum atomic E-state index is 0.141. The lowest BCUT2D eigenvalue weighted by Gasteiger charge is -2.14.